The van der Waals surface area contributed by atoms with Crippen molar-refractivity contribution in [1.82, 2.24) is 19.8 Å². The molecule has 1 unspecified atom stereocenters. The van der Waals surface area contributed by atoms with Gasteiger partial charge in [0.2, 0.25) is 0 Å². The van der Waals surface area contributed by atoms with E-state index in [1.165, 1.54) is 0 Å². The maximum absolute atomic E-state index is 13.3. The van der Waals surface area contributed by atoms with Crippen LogP contribution in [0, 0.1) is 0 Å². The minimum absolute atomic E-state index is 0.0955. The van der Waals surface area contributed by atoms with E-state index in [0.717, 1.165) is 16.5 Å². The molecule has 33 heavy (non-hydrogen) atoms. The lowest BCUT2D eigenvalue weighted by molar-refractivity contribution is 0.0717. The van der Waals surface area contributed by atoms with Crippen LogP contribution in [0.1, 0.15) is 33.0 Å². The van der Waals surface area contributed by atoms with Crippen molar-refractivity contribution in [3.8, 4) is 0 Å². The van der Waals surface area contributed by atoms with Crippen LogP contribution < -0.4 is 5.32 Å². The molecule has 4 aromatic rings. The van der Waals surface area contributed by atoms with Crippen LogP contribution in [0.5, 0.6) is 0 Å². The molecule has 1 atom stereocenters. The number of hydrogen-bond acceptors (Lipinski definition) is 3. The van der Waals surface area contributed by atoms with E-state index in [4.69, 9.17) is 0 Å². The van der Waals surface area contributed by atoms with Crippen LogP contribution >= 0.6 is 0 Å². The molecule has 2 heterocycles. The number of aryl methyl sites for hydroxylation is 1. The Morgan fingerprint density at radius 1 is 0.970 bits per heavy atom. The van der Waals surface area contributed by atoms with Crippen LogP contribution in [0.4, 0.5) is 0 Å². The Balaban J connectivity index is 1.49. The zero-order valence-corrected chi connectivity index (χ0v) is 18.9. The largest absolute Gasteiger partial charge is 0.351 e. The van der Waals surface area contributed by atoms with Gasteiger partial charge in [0.25, 0.3) is 11.8 Å². The van der Waals surface area contributed by atoms with Crippen molar-refractivity contribution in [1.29, 1.82) is 0 Å². The normalized spacial score (nSPS) is 11.8. The van der Waals surface area contributed by atoms with E-state index in [1.54, 1.807) is 21.6 Å². The standard InChI is InChI=1S/C27H28N4O2/c1-30-18-8-13-25(30)26(32)28-17-16-22(19-20-9-4-3-5-10-20)31(2)27(33)24-15-14-21-11-6-7-12-23(21)29-24/h3-15,18,22H,16-17,19H2,1-2H3,(H,28,32). The summed E-state index contributed by atoms with van der Waals surface area (Å²) in [6, 6.07) is 25.1. The highest BCUT2D eigenvalue weighted by Gasteiger charge is 2.23. The van der Waals surface area contributed by atoms with Crippen LogP contribution in [0.15, 0.2) is 85.1 Å². The number of nitrogens with zero attached hydrogens (tertiary/aromatic N) is 3. The van der Waals surface area contributed by atoms with E-state index in [9.17, 15) is 9.59 Å². The highest BCUT2D eigenvalue weighted by Crippen LogP contribution is 2.17. The Hall–Kier alpha value is -3.93. The number of likely N-dealkylation sites (N-methyl/N-ethyl adjacent to an activating group) is 1. The minimum Gasteiger partial charge on any atom is -0.351 e. The van der Waals surface area contributed by atoms with Crippen molar-refractivity contribution in [3.63, 3.8) is 0 Å². The van der Waals surface area contributed by atoms with Crippen LogP contribution in [-0.2, 0) is 13.5 Å². The first kappa shape index (κ1) is 22.3. The maximum Gasteiger partial charge on any atom is 0.272 e. The number of aromatic nitrogens is 2. The topological polar surface area (TPSA) is 67.2 Å². The van der Waals surface area contributed by atoms with Crippen LogP contribution in [0.2, 0.25) is 0 Å². The molecule has 2 aromatic heterocycles. The third-order valence-electron chi connectivity index (χ3n) is 5.94. The lowest BCUT2D eigenvalue weighted by Gasteiger charge is -2.28. The number of amides is 2. The summed E-state index contributed by atoms with van der Waals surface area (Å²) in [7, 11) is 3.65. The van der Waals surface area contributed by atoms with Gasteiger partial charge in [-0.05, 0) is 42.7 Å². The Morgan fingerprint density at radius 2 is 1.73 bits per heavy atom. The third kappa shape index (κ3) is 5.29. The van der Waals surface area contributed by atoms with Crippen molar-refractivity contribution in [2.45, 2.75) is 18.9 Å². The number of rotatable bonds is 8. The number of benzene rings is 2. The molecule has 0 aliphatic heterocycles. The number of carbonyl (C=O) groups is 2. The minimum atomic E-state index is -0.129. The molecular formula is C27H28N4O2. The third-order valence-corrected chi connectivity index (χ3v) is 5.94. The molecular weight excluding hydrogens is 412 g/mol. The SMILES string of the molecule is CN(C(=O)c1ccc2ccccc2n1)C(CCNC(=O)c1cccn1C)Cc1ccccc1. The van der Waals surface area contributed by atoms with Crippen LogP contribution in [0.25, 0.3) is 10.9 Å². The average Bonchev–Trinajstić information content (AvgIpc) is 3.28. The maximum atomic E-state index is 13.3. The Kier molecular flexibility index (Phi) is 6.83. The van der Waals surface area contributed by atoms with Gasteiger partial charge in [-0.1, -0.05) is 54.6 Å². The molecule has 1 N–H and O–H groups in total. The lowest BCUT2D eigenvalue weighted by atomic mass is 10.0. The van der Waals surface area contributed by atoms with Gasteiger partial charge in [0.15, 0.2) is 0 Å². The summed E-state index contributed by atoms with van der Waals surface area (Å²) in [5.74, 6) is -0.249. The molecule has 0 saturated heterocycles. The average molecular weight is 441 g/mol. The quantitative estimate of drug-likeness (QED) is 0.449. The van der Waals surface area contributed by atoms with E-state index < -0.39 is 0 Å². The molecule has 2 amide bonds. The van der Waals surface area contributed by atoms with Gasteiger partial charge >= 0.3 is 0 Å². The summed E-state index contributed by atoms with van der Waals surface area (Å²) >= 11 is 0. The fourth-order valence-electron chi connectivity index (χ4n) is 3.99. The Labute approximate surface area is 193 Å². The zero-order chi connectivity index (χ0) is 23.2. The van der Waals surface area contributed by atoms with E-state index in [2.05, 4.69) is 22.4 Å². The predicted molar refractivity (Wildman–Crippen MR) is 130 cm³/mol. The zero-order valence-electron chi connectivity index (χ0n) is 18.9. The molecule has 0 aliphatic rings. The van der Waals surface area contributed by atoms with Gasteiger partial charge in [0.05, 0.1) is 5.52 Å². The van der Waals surface area contributed by atoms with Crippen molar-refractivity contribution in [3.05, 3.63) is 102 Å². The second kappa shape index (κ2) is 10.1. The molecule has 0 radical (unpaired) electrons. The highest BCUT2D eigenvalue weighted by molar-refractivity contribution is 5.95. The smallest absolute Gasteiger partial charge is 0.272 e. The molecule has 2 aromatic carbocycles. The van der Waals surface area contributed by atoms with Gasteiger partial charge in [-0.3, -0.25) is 9.59 Å². The van der Waals surface area contributed by atoms with Gasteiger partial charge in [-0.2, -0.15) is 0 Å². The predicted octanol–water partition coefficient (Wildman–Crippen LogP) is 4.08. The van der Waals surface area contributed by atoms with E-state index in [-0.39, 0.29) is 17.9 Å². The van der Waals surface area contributed by atoms with Gasteiger partial charge in [0.1, 0.15) is 11.4 Å². The molecule has 0 saturated carbocycles. The first-order chi connectivity index (χ1) is 16.0. The molecule has 168 valence electrons. The van der Waals surface area contributed by atoms with Crippen LogP contribution in [0.3, 0.4) is 0 Å². The number of nitrogens with one attached hydrogen (secondary N) is 1. The van der Waals surface area contributed by atoms with E-state index >= 15 is 0 Å². The Bertz CT molecular complexity index is 1250. The summed E-state index contributed by atoms with van der Waals surface area (Å²) in [5.41, 5.74) is 2.97. The molecule has 4 rings (SSSR count). The summed E-state index contributed by atoms with van der Waals surface area (Å²) in [6.07, 6.45) is 3.16. The summed E-state index contributed by atoms with van der Waals surface area (Å²) in [6.45, 7) is 0.463. The number of fused-ring (bicyclic) bond motifs is 1. The molecule has 6 nitrogen and oxygen atoms in total. The van der Waals surface area contributed by atoms with Crippen LogP contribution in [-0.4, -0.2) is 45.9 Å². The first-order valence-electron chi connectivity index (χ1n) is 11.1. The van der Waals surface area contributed by atoms with Crippen molar-refractivity contribution < 1.29 is 9.59 Å². The van der Waals surface area contributed by atoms with E-state index in [1.807, 2.05) is 74.9 Å². The van der Waals surface area contributed by atoms with Crippen molar-refractivity contribution in [2.24, 2.45) is 7.05 Å². The van der Waals surface area contributed by atoms with Gasteiger partial charge in [0, 0.05) is 38.3 Å². The summed E-state index contributed by atoms with van der Waals surface area (Å²) in [5, 5.41) is 3.99. The van der Waals surface area contributed by atoms with Gasteiger partial charge < -0.3 is 14.8 Å². The molecule has 0 fully saturated rings. The van der Waals surface area contributed by atoms with Gasteiger partial charge in [-0.15, -0.1) is 0 Å². The fourth-order valence-corrected chi connectivity index (χ4v) is 3.99. The van der Waals surface area contributed by atoms with Crippen molar-refractivity contribution >= 4 is 22.7 Å². The van der Waals surface area contributed by atoms with Gasteiger partial charge in [-0.25, -0.2) is 4.98 Å². The molecule has 6 heteroatoms. The number of hydrogen-bond donors (Lipinski definition) is 1. The molecule has 0 bridgehead atoms. The fraction of sp³-hybridized carbons (Fsp3) is 0.222. The molecule has 0 spiro atoms. The highest BCUT2D eigenvalue weighted by atomic mass is 16.2. The lowest BCUT2D eigenvalue weighted by Crippen LogP contribution is -2.41. The first-order valence-corrected chi connectivity index (χ1v) is 11.1. The van der Waals surface area contributed by atoms with Crippen molar-refractivity contribution in [2.75, 3.05) is 13.6 Å². The Morgan fingerprint density at radius 3 is 2.48 bits per heavy atom. The number of pyridine rings is 1. The second-order valence-electron chi connectivity index (χ2n) is 8.20. The summed E-state index contributed by atoms with van der Waals surface area (Å²) in [4.78, 5) is 32.1. The molecule has 0 aliphatic carbocycles. The number of para-hydroxylation sites is 1. The second-order valence-corrected chi connectivity index (χ2v) is 8.20. The summed E-state index contributed by atoms with van der Waals surface area (Å²) < 4.78 is 1.79. The monoisotopic (exact) mass is 440 g/mol. The number of carbonyl (C=O) groups excluding carboxylic acids is 2. The van der Waals surface area contributed by atoms with E-state index in [0.29, 0.717) is 30.8 Å².